The fourth-order valence-corrected chi connectivity index (χ4v) is 3.73. The number of benzene rings is 1. The number of halogens is 2. The van der Waals surface area contributed by atoms with Gasteiger partial charge in [-0.2, -0.15) is 0 Å². The van der Waals surface area contributed by atoms with Gasteiger partial charge in [-0.3, -0.25) is 9.78 Å². The Hall–Kier alpha value is -1.08. The largest absolute Gasteiger partial charge is 1.00 e. The van der Waals surface area contributed by atoms with Crippen LogP contribution in [0.1, 0.15) is 12.5 Å². The Labute approximate surface area is 188 Å². The van der Waals surface area contributed by atoms with E-state index in [2.05, 4.69) is 20.3 Å². The number of nitrogens with zero attached hydrogens (tertiary/aromatic N) is 2. The van der Waals surface area contributed by atoms with Crippen LogP contribution in [0.15, 0.2) is 28.2 Å². The molecule has 3 aromatic rings. The molecule has 1 aromatic carbocycles. The van der Waals surface area contributed by atoms with Gasteiger partial charge in [0.1, 0.15) is 4.70 Å². The summed E-state index contributed by atoms with van der Waals surface area (Å²) in [6, 6.07) is 3.91. The predicted molar refractivity (Wildman–Crippen MR) is 100 cm³/mol. The third-order valence-corrected chi connectivity index (χ3v) is 5.54. The summed E-state index contributed by atoms with van der Waals surface area (Å²) in [4.78, 5) is 22.5. The van der Waals surface area contributed by atoms with Crippen molar-refractivity contribution in [2.75, 3.05) is 18.5 Å². The van der Waals surface area contributed by atoms with Gasteiger partial charge in [-0.1, -0.05) is 35.2 Å². The summed E-state index contributed by atoms with van der Waals surface area (Å²) in [6.07, 6.45) is 0. The molecule has 4 N–H and O–H groups in total. The standard InChI is InChI=1S/C16H16F2N4O3S2.Na/c1-16(6-23,7-24)22-13-11-12(21-15(25)27-11)19-14(20-13)26-5-8-3-2-4-9(17)10(8)18;/h2-4,23-24H,5-7H2,1H3,(H2,19,20,21,22,25);/q;+1. The maximum atomic E-state index is 13.8. The molecule has 0 bridgehead atoms. The molecule has 0 aliphatic rings. The Morgan fingerprint density at radius 3 is 2.68 bits per heavy atom. The number of anilines is 1. The second-order valence-electron chi connectivity index (χ2n) is 6.05. The number of aromatic nitrogens is 3. The first-order valence-electron chi connectivity index (χ1n) is 7.81. The SMILES string of the molecule is CC(CO)(CO)Nc1nc(SCc2cccc(F)c2F)nc2[nH]c(=O)sc12.[Na+]. The quantitative estimate of drug-likeness (QED) is 0.216. The van der Waals surface area contributed by atoms with Crippen LogP contribution in [-0.4, -0.2) is 43.9 Å². The number of rotatable bonds is 7. The molecule has 0 atom stereocenters. The molecule has 0 unspecified atom stereocenters. The van der Waals surface area contributed by atoms with E-state index < -0.39 is 17.2 Å². The van der Waals surface area contributed by atoms with Crippen molar-refractivity contribution in [1.29, 1.82) is 0 Å². The molecule has 3 rings (SSSR count). The molecule has 12 heteroatoms. The summed E-state index contributed by atoms with van der Waals surface area (Å²) < 4.78 is 27.6. The van der Waals surface area contributed by atoms with Crippen molar-refractivity contribution in [1.82, 2.24) is 15.0 Å². The summed E-state index contributed by atoms with van der Waals surface area (Å²) in [5.74, 6) is -1.52. The number of thiazole rings is 1. The van der Waals surface area contributed by atoms with Crippen molar-refractivity contribution in [3.05, 3.63) is 45.1 Å². The van der Waals surface area contributed by atoms with Crippen LogP contribution in [0.2, 0.25) is 0 Å². The van der Waals surface area contributed by atoms with Gasteiger partial charge in [0.15, 0.2) is 28.3 Å². The van der Waals surface area contributed by atoms with Crippen molar-refractivity contribution in [3.63, 3.8) is 0 Å². The van der Waals surface area contributed by atoms with Crippen molar-refractivity contribution >= 4 is 39.3 Å². The van der Waals surface area contributed by atoms with Gasteiger partial charge < -0.3 is 15.5 Å². The minimum atomic E-state index is -1.06. The van der Waals surface area contributed by atoms with Crippen LogP contribution in [0, 0.1) is 11.6 Å². The normalized spacial score (nSPS) is 11.5. The number of aliphatic hydroxyl groups excluding tert-OH is 2. The predicted octanol–water partition coefficient (Wildman–Crippen LogP) is -0.891. The van der Waals surface area contributed by atoms with E-state index in [-0.39, 0.29) is 75.6 Å². The zero-order chi connectivity index (χ0) is 19.6. The number of fused-ring (bicyclic) bond motifs is 1. The molecule has 144 valence electrons. The first-order valence-corrected chi connectivity index (χ1v) is 9.62. The van der Waals surface area contributed by atoms with Gasteiger partial charge in [-0.15, -0.1) is 0 Å². The van der Waals surface area contributed by atoms with Crippen LogP contribution in [0.25, 0.3) is 10.3 Å². The van der Waals surface area contributed by atoms with E-state index in [0.717, 1.165) is 29.2 Å². The molecule has 0 fully saturated rings. The van der Waals surface area contributed by atoms with E-state index in [0.29, 0.717) is 4.70 Å². The van der Waals surface area contributed by atoms with Gasteiger partial charge in [0.2, 0.25) is 0 Å². The van der Waals surface area contributed by atoms with Gasteiger partial charge in [-0.25, -0.2) is 18.7 Å². The monoisotopic (exact) mass is 437 g/mol. The molecule has 0 saturated carbocycles. The summed E-state index contributed by atoms with van der Waals surface area (Å²) in [6.45, 7) is 0.849. The van der Waals surface area contributed by atoms with E-state index in [4.69, 9.17) is 0 Å². The van der Waals surface area contributed by atoms with Gasteiger partial charge >= 0.3 is 34.4 Å². The average molecular weight is 437 g/mol. The van der Waals surface area contributed by atoms with Crippen LogP contribution in [0.5, 0.6) is 0 Å². The Balaban J connectivity index is 0.00000280. The third kappa shape index (κ3) is 5.09. The minimum Gasteiger partial charge on any atom is -0.394 e. The minimum absolute atomic E-state index is 0. The Bertz CT molecular complexity index is 1030. The maximum Gasteiger partial charge on any atom is 1.00 e. The molecule has 0 saturated heterocycles. The van der Waals surface area contributed by atoms with Gasteiger partial charge in [0, 0.05) is 11.3 Å². The van der Waals surface area contributed by atoms with Gasteiger partial charge in [0.25, 0.3) is 0 Å². The molecule has 2 aromatic heterocycles. The Morgan fingerprint density at radius 1 is 1.29 bits per heavy atom. The smallest absolute Gasteiger partial charge is 0.394 e. The molecule has 0 aliphatic carbocycles. The molecule has 0 aliphatic heterocycles. The zero-order valence-electron chi connectivity index (χ0n) is 15.1. The van der Waals surface area contributed by atoms with Crippen molar-refractivity contribution < 1.29 is 48.6 Å². The van der Waals surface area contributed by atoms with Crippen LogP contribution in [0.4, 0.5) is 14.6 Å². The Kier molecular flexibility index (Phi) is 7.97. The number of aliphatic hydroxyl groups is 2. The summed E-state index contributed by atoms with van der Waals surface area (Å²) >= 11 is 1.95. The number of nitrogens with one attached hydrogen (secondary N) is 2. The number of hydrogen-bond donors (Lipinski definition) is 4. The summed E-state index contributed by atoms with van der Waals surface area (Å²) in [5, 5.41) is 22.1. The van der Waals surface area contributed by atoms with E-state index in [1.165, 1.54) is 12.1 Å². The molecular weight excluding hydrogens is 421 g/mol. The zero-order valence-corrected chi connectivity index (χ0v) is 18.8. The fraction of sp³-hybridized carbons (Fsp3) is 0.312. The van der Waals surface area contributed by atoms with Crippen LogP contribution < -0.4 is 39.7 Å². The van der Waals surface area contributed by atoms with E-state index in [1.54, 1.807) is 6.92 Å². The average Bonchev–Trinajstić information content (AvgIpc) is 3.03. The maximum absolute atomic E-state index is 13.8. The molecule has 7 nitrogen and oxygen atoms in total. The molecule has 2 heterocycles. The molecular formula is C16H16F2N4NaO3S2+. The van der Waals surface area contributed by atoms with E-state index in [1.807, 2.05) is 0 Å². The molecule has 0 spiro atoms. The topological polar surface area (TPSA) is 111 Å². The fourth-order valence-electron chi connectivity index (χ4n) is 2.19. The first kappa shape index (κ1) is 23.2. The van der Waals surface area contributed by atoms with Crippen LogP contribution in [-0.2, 0) is 5.75 Å². The number of aromatic amines is 1. The Morgan fingerprint density at radius 2 is 2.00 bits per heavy atom. The van der Waals surface area contributed by atoms with Crippen LogP contribution in [0.3, 0.4) is 0 Å². The first-order chi connectivity index (χ1) is 12.8. The number of hydrogen-bond acceptors (Lipinski definition) is 8. The second kappa shape index (κ2) is 9.61. The number of H-pyrrole nitrogens is 1. The summed E-state index contributed by atoms with van der Waals surface area (Å²) in [5.41, 5.74) is -0.624. The van der Waals surface area contributed by atoms with Gasteiger partial charge in [0.05, 0.1) is 18.8 Å². The second-order valence-corrected chi connectivity index (χ2v) is 7.98. The summed E-state index contributed by atoms with van der Waals surface area (Å²) in [7, 11) is 0. The third-order valence-electron chi connectivity index (χ3n) is 3.77. The molecule has 0 amide bonds. The van der Waals surface area contributed by atoms with Crippen molar-refractivity contribution in [2.24, 2.45) is 0 Å². The van der Waals surface area contributed by atoms with Crippen molar-refractivity contribution in [3.8, 4) is 0 Å². The number of thioether (sulfide) groups is 1. The van der Waals surface area contributed by atoms with Crippen molar-refractivity contribution in [2.45, 2.75) is 23.4 Å². The van der Waals surface area contributed by atoms with Gasteiger partial charge in [-0.05, 0) is 13.0 Å². The van der Waals surface area contributed by atoms with E-state index in [9.17, 15) is 23.8 Å². The van der Waals surface area contributed by atoms with Crippen LogP contribution >= 0.6 is 23.1 Å². The molecule has 28 heavy (non-hydrogen) atoms. The molecule has 0 radical (unpaired) electrons. The van der Waals surface area contributed by atoms with E-state index >= 15 is 0 Å².